The van der Waals surface area contributed by atoms with Crippen molar-refractivity contribution in [1.29, 1.82) is 5.26 Å². The summed E-state index contributed by atoms with van der Waals surface area (Å²) < 4.78 is 5.97. The van der Waals surface area contributed by atoms with Crippen molar-refractivity contribution in [2.24, 2.45) is 17.3 Å². The fourth-order valence-electron chi connectivity index (χ4n) is 2.62. The molecule has 0 aromatic heterocycles. The van der Waals surface area contributed by atoms with Crippen molar-refractivity contribution < 1.29 is 4.74 Å². The zero-order valence-electron chi connectivity index (χ0n) is 12.5. The molecule has 1 rings (SSSR count). The summed E-state index contributed by atoms with van der Waals surface area (Å²) >= 11 is 0. The Labute approximate surface area is 113 Å². The lowest BCUT2D eigenvalue weighted by atomic mass is 9.80. The lowest BCUT2D eigenvalue weighted by Gasteiger charge is -2.32. The van der Waals surface area contributed by atoms with Crippen LogP contribution in [-0.2, 0) is 4.74 Å². The molecule has 0 heterocycles. The summed E-state index contributed by atoms with van der Waals surface area (Å²) in [6, 6.07) is 2.35. The summed E-state index contributed by atoms with van der Waals surface area (Å²) in [5, 5.41) is 8.93. The summed E-state index contributed by atoms with van der Waals surface area (Å²) in [6.45, 7) is 9.59. The Kier molecular flexibility index (Phi) is 6.15. The summed E-state index contributed by atoms with van der Waals surface area (Å²) in [7, 11) is 0. The van der Waals surface area contributed by atoms with Crippen molar-refractivity contribution in [3.63, 3.8) is 0 Å². The predicted molar refractivity (Wildman–Crippen MR) is 75.2 cm³/mol. The van der Waals surface area contributed by atoms with Crippen molar-refractivity contribution in [2.75, 3.05) is 6.61 Å². The third-order valence-electron chi connectivity index (χ3n) is 4.40. The van der Waals surface area contributed by atoms with Gasteiger partial charge in [-0.25, -0.2) is 0 Å². The maximum Gasteiger partial charge on any atom is 0.0683 e. The molecule has 2 nitrogen and oxygen atoms in total. The molecule has 3 atom stereocenters. The Balaban J connectivity index is 2.07. The minimum absolute atomic E-state index is 0.172. The van der Waals surface area contributed by atoms with Crippen LogP contribution in [-0.4, -0.2) is 12.7 Å². The van der Waals surface area contributed by atoms with Gasteiger partial charge in [-0.2, -0.15) is 5.26 Å². The Morgan fingerprint density at radius 3 is 2.50 bits per heavy atom. The molecule has 0 bridgehead atoms. The maximum atomic E-state index is 8.93. The Hall–Kier alpha value is -0.550. The van der Waals surface area contributed by atoms with Gasteiger partial charge in [0, 0.05) is 6.61 Å². The van der Waals surface area contributed by atoms with Crippen LogP contribution in [0.4, 0.5) is 0 Å². The SMILES string of the molecule is CC1CCC(OCCCCC(C)(C)C#N)CC1C. The molecule has 1 fully saturated rings. The van der Waals surface area contributed by atoms with Gasteiger partial charge in [-0.05, 0) is 64.2 Å². The zero-order chi connectivity index (χ0) is 13.6. The van der Waals surface area contributed by atoms with E-state index >= 15 is 0 Å². The van der Waals surface area contributed by atoms with Crippen LogP contribution in [0.25, 0.3) is 0 Å². The molecule has 2 heteroatoms. The van der Waals surface area contributed by atoms with Gasteiger partial charge < -0.3 is 4.74 Å². The van der Waals surface area contributed by atoms with Crippen molar-refractivity contribution >= 4 is 0 Å². The highest BCUT2D eigenvalue weighted by Crippen LogP contribution is 2.31. The van der Waals surface area contributed by atoms with Crippen LogP contribution in [0.1, 0.15) is 66.2 Å². The molecule has 0 saturated heterocycles. The van der Waals surface area contributed by atoms with Crippen molar-refractivity contribution in [3.05, 3.63) is 0 Å². The molecule has 0 radical (unpaired) electrons. The third-order valence-corrected chi connectivity index (χ3v) is 4.40. The van der Waals surface area contributed by atoms with Crippen LogP contribution in [0.2, 0.25) is 0 Å². The number of ether oxygens (including phenoxy) is 1. The van der Waals surface area contributed by atoms with Crippen LogP contribution >= 0.6 is 0 Å². The third kappa shape index (κ3) is 5.40. The van der Waals surface area contributed by atoms with E-state index in [9.17, 15) is 0 Å². The predicted octanol–water partition coefficient (Wildman–Crippen LogP) is 4.55. The number of unbranched alkanes of at least 4 members (excludes halogenated alkanes) is 1. The van der Waals surface area contributed by atoms with E-state index in [0.717, 1.165) is 37.7 Å². The van der Waals surface area contributed by atoms with Crippen molar-refractivity contribution in [2.45, 2.75) is 72.3 Å². The zero-order valence-corrected chi connectivity index (χ0v) is 12.5. The standard InChI is InChI=1S/C16H29NO/c1-13-7-8-15(11-14(13)2)18-10-6-5-9-16(3,4)12-17/h13-15H,5-11H2,1-4H3. The van der Waals surface area contributed by atoms with Crippen molar-refractivity contribution in [1.82, 2.24) is 0 Å². The first-order chi connectivity index (χ1) is 8.44. The molecular weight excluding hydrogens is 222 g/mol. The van der Waals surface area contributed by atoms with Gasteiger partial charge >= 0.3 is 0 Å². The summed E-state index contributed by atoms with van der Waals surface area (Å²) in [6.07, 6.45) is 7.42. The molecular formula is C16H29NO. The molecule has 0 N–H and O–H groups in total. The van der Waals surface area contributed by atoms with Gasteiger partial charge in [0.1, 0.15) is 0 Å². The van der Waals surface area contributed by atoms with Crippen LogP contribution in [0, 0.1) is 28.6 Å². The first-order valence-corrected chi connectivity index (χ1v) is 7.47. The second-order valence-corrected chi connectivity index (χ2v) is 6.71. The molecule has 0 spiro atoms. The highest BCUT2D eigenvalue weighted by molar-refractivity contribution is 4.91. The monoisotopic (exact) mass is 251 g/mol. The molecule has 0 aromatic carbocycles. The maximum absolute atomic E-state index is 8.93. The average Bonchev–Trinajstić information content (AvgIpc) is 2.33. The van der Waals surface area contributed by atoms with E-state index in [1.807, 2.05) is 13.8 Å². The first kappa shape index (κ1) is 15.5. The molecule has 1 aliphatic carbocycles. The van der Waals surface area contributed by atoms with E-state index in [0.29, 0.717) is 6.10 Å². The molecule has 1 aliphatic rings. The summed E-state index contributed by atoms with van der Waals surface area (Å²) in [5.41, 5.74) is -0.172. The Morgan fingerprint density at radius 1 is 1.17 bits per heavy atom. The fraction of sp³-hybridized carbons (Fsp3) is 0.938. The summed E-state index contributed by atoms with van der Waals surface area (Å²) in [4.78, 5) is 0. The molecule has 104 valence electrons. The molecule has 3 unspecified atom stereocenters. The van der Waals surface area contributed by atoms with E-state index in [-0.39, 0.29) is 5.41 Å². The van der Waals surface area contributed by atoms with Crippen LogP contribution in [0.5, 0.6) is 0 Å². The smallest absolute Gasteiger partial charge is 0.0683 e. The highest BCUT2D eigenvalue weighted by Gasteiger charge is 2.24. The molecule has 0 aromatic rings. The van der Waals surface area contributed by atoms with Gasteiger partial charge in [-0.3, -0.25) is 0 Å². The Morgan fingerprint density at radius 2 is 1.89 bits per heavy atom. The van der Waals surface area contributed by atoms with E-state index in [1.54, 1.807) is 0 Å². The normalized spacial score (nSPS) is 28.9. The average molecular weight is 251 g/mol. The molecule has 1 saturated carbocycles. The van der Waals surface area contributed by atoms with E-state index in [1.165, 1.54) is 19.3 Å². The van der Waals surface area contributed by atoms with Crippen LogP contribution in [0.15, 0.2) is 0 Å². The van der Waals surface area contributed by atoms with E-state index < -0.39 is 0 Å². The van der Waals surface area contributed by atoms with Crippen molar-refractivity contribution in [3.8, 4) is 6.07 Å². The minimum Gasteiger partial charge on any atom is -0.378 e. The second-order valence-electron chi connectivity index (χ2n) is 6.71. The number of hydrogen-bond acceptors (Lipinski definition) is 2. The number of nitriles is 1. The lowest BCUT2D eigenvalue weighted by Crippen LogP contribution is -2.27. The highest BCUT2D eigenvalue weighted by atomic mass is 16.5. The quantitative estimate of drug-likeness (QED) is 0.649. The molecule has 0 aliphatic heterocycles. The topological polar surface area (TPSA) is 33.0 Å². The summed E-state index contributed by atoms with van der Waals surface area (Å²) in [5.74, 6) is 1.67. The van der Waals surface area contributed by atoms with Gasteiger partial charge in [0.05, 0.1) is 17.6 Å². The van der Waals surface area contributed by atoms with Gasteiger partial charge in [0.25, 0.3) is 0 Å². The van der Waals surface area contributed by atoms with Gasteiger partial charge in [0.2, 0.25) is 0 Å². The largest absolute Gasteiger partial charge is 0.378 e. The first-order valence-electron chi connectivity index (χ1n) is 7.47. The van der Waals surface area contributed by atoms with Gasteiger partial charge in [-0.15, -0.1) is 0 Å². The molecule has 0 amide bonds. The lowest BCUT2D eigenvalue weighted by molar-refractivity contribution is 0.000633. The van der Waals surface area contributed by atoms with Gasteiger partial charge in [-0.1, -0.05) is 13.8 Å². The van der Waals surface area contributed by atoms with E-state index in [2.05, 4.69) is 19.9 Å². The molecule has 18 heavy (non-hydrogen) atoms. The number of nitrogens with zero attached hydrogens (tertiary/aromatic N) is 1. The second kappa shape index (κ2) is 7.14. The van der Waals surface area contributed by atoms with Crippen LogP contribution in [0.3, 0.4) is 0 Å². The van der Waals surface area contributed by atoms with E-state index in [4.69, 9.17) is 10.00 Å². The number of rotatable bonds is 6. The van der Waals surface area contributed by atoms with Crippen LogP contribution < -0.4 is 0 Å². The fourth-order valence-corrected chi connectivity index (χ4v) is 2.62. The number of hydrogen-bond donors (Lipinski definition) is 0. The minimum atomic E-state index is -0.172. The Bertz CT molecular complexity index is 279. The van der Waals surface area contributed by atoms with Gasteiger partial charge in [0.15, 0.2) is 0 Å².